The van der Waals surface area contributed by atoms with Crippen molar-refractivity contribution in [3.05, 3.63) is 40.9 Å². The Morgan fingerprint density at radius 3 is 2.68 bits per heavy atom. The first-order valence-corrected chi connectivity index (χ1v) is 6.66. The number of hydrogen-bond donors (Lipinski definition) is 2. The number of rotatable bonds is 5. The largest absolute Gasteiger partial charge is 0.351 e. The third-order valence-electron chi connectivity index (χ3n) is 2.71. The molecule has 19 heavy (non-hydrogen) atoms. The van der Waals surface area contributed by atoms with E-state index in [4.69, 9.17) is 5.84 Å². The van der Waals surface area contributed by atoms with Gasteiger partial charge < -0.3 is 10.3 Å². The molecule has 2 aromatic rings. The third kappa shape index (κ3) is 3.18. The summed E-state index contributed by atoms with van der Waals surface area (Å²) in [6, 6.07) is 3.97. The standard InChI is InChI=1S/C12H15BrN6/c1-2-19(7-9-3-5-15-6-4-9)12-10(13)11(18-14)16-8-17-12/h3-6,8H,2,7,14H2,1H3,(H,16,17,18). The number of halogens is 1. The highest BCUT2D eigenvalue weighted by atomic mass is 79.9. The predicted molar refractivity (Wildman–Crippen MR) is 78.5 cm³/mol. The van der Waals surface area contributed by atoms with E-state index in [2.05, 4.69) is 48.1 Å². The van der Waals surface area contributed by atoms with Gasteiger partial charge in [0.05, 0.1) is 0 Å². The molecule has 6 nitrogen and oxygen atoms in total. The van der Waals surface area contributed by atoms with Gasteiger partial charge in [-0.25, -0.2) is 15.8 Å². The van der Waals surface area contributed by atoms with Crippen molar-refractivity contribution in [3.63, 3.8) is 0 Å². The van der Waals surface area contributed by atoms with Crippen LogP contribution in [-0.2, 0) is 6.54 Å². The fourth-order valence-corrected chi connectivity index (χ4v) is 2.30. The second-order valence-corrected chi connectivity index (χ2v) is 4.67. The number of nitrogens with one attached hydrogen (secondary N) is 1. The van der Waals surface area contributed by atoms with Crippen molar-refractivity contribution in [1.29, 1.82) is 0 Å². The van der Waals surface area contributed by atoms with Gasteiger partial charge in [-0.1, -0.05) is 0 Å². The molecular weight excluding hydrogens is 308 g/mol. The van der Waals surface area contributed by atoms with Gasteiger partial charge in [-0.2, -0.15) is 0 Å². The molecule has 2 rings (SSSR count). The lowest BCUT2D eigenvalue weighted by atomic mass is 10.2. The average Bonchev–Trinajstić information content (AvgIpc) is 2.46. The number of aromatic nitrogens is 3. The summed E-state index contributed by atoms with van der Waals surface area (Å²) in [5.41, 5.74) is 3.71. The van der Waals surface area contributed by atoms with Crippen LogP contribution in [0.3, 0.4) is 0 Å². The average molecular weight is 323 g/mol. The fourth-order valence-electron chi connectivity index (χ4n) is 1.73. The summed E-state index contributed by atoms with van der Waals surface area (Å²) in [5, 5.41) is 0. The Balaban J connectivity index is 2.27. The Hall–Kier alpha value is -1.73. The lowest BCUT2D eigenvalue weighted by Crippen LogP contribution is -2.24. The molecule has 0 radical (unpaired) electrons. The van der Waals surface area contributed by atoms with Crippen molar-refractivity contribution in [2.45, 2.75) is 13.5 Å². The zero-order valence-electron chi connectivity index (χ0n) is 10.5. The molecule has 0 aliphatic rings. The minimum absolute atomic E-state index is 0.568. The van der Waals surface area contributed by atoms with Crippen molar-refractivity contribution in [2.24, 2.45) is 5.84 Å². The maximum absolute atomic E-state index is 5.42. The monoisotopic (exact) mass is 322 g/mol. The molecule has 100 valence electrons. The smallest absolute Gasteiger partial charge is 0.159 e. The van der Waals surface area contributed by atoms with Crippen LogP contribution in [0, 0.1) is 0 Å². The first-order chi connectivity index (χ1) is 9.26. The highest BCUT2D eigenvalue weighted by molar-refractivity contribution is 9.10. The van der Waals surface area contributed by atoms with Crippen LogP contribution in [0.25, 0.3) is 0 Å². The van der Waals surface area contributed by atoms with Gasteiger partial charge in [-0.05, 0) is 40.5 Å². The number of hydrazine groups is 1. The number of nitrogens with zero attached hydrogens (tertiary/aromatic N) is 4. The van der Waals surface area contributed by atoms with E-state index < -0.39 is 0 Å². The molecule has 0 aliphatic heterocycles. The van der Waals surface area contributed by atoms with E-state index in [0.29, 0.717) is 5.82 Å². The van der Waals surface area contributed by atoms with Gasteiger partial charge in [0.2, 0.25) is 0 Å². The van der Waals surface area contributed by atoms with Crippen LogP contribution in [0.1, 0.15) is 12.5 Å². The zero-order valence-corrected chi connectivity index (χ0v) is 12.1. The van der Waals surface area contributed by atoms with Crippen molar-refractivity contribution in [3.8, 4) is 0 Å². The van der Waals surface area contributed by atoms with Gasteiger partial charge in [0.1, 0.15) is 16.6 Å². The highest BCUT2D eigenvalue weighted by Gasteiger charge is 2.14. The Morgan fingerprint density at radius 2 is 2.05 bits per heavy atom. The predicted octanol–water partition coefficient (Wildman–Crippen LogP) is 1.95. The van der Waals surface area contributed by atoms with Crippen LogP contribution >= 0.6 is 15.9 Å². The van der Waals surface area contributed by atoms with Gasteiger partial charge in [0.15, 0.2) is 5.82 Å². The molecule has 0 saturated heterocycles. The van der Waals surface area contributed by atoms with E-state index in [1.807, 2.05) is 12.1 Å². The van der Waals surface area contributed by atoms with Crippen LogP contribution < -0.4 is 16.2 Å². The van der Waals surface area contributed by atoms with Crippen molar-refractivity contribution in [2.75, 3.05) is 16.9 Å². The Bertz CT molecular complexity index is 533. The highest BCUT2D eigenvalue weighted by Crippen LogP contribution is 2.29. The van der Waals surface area contributed by atoms with Gasteiger partial charge in [-0.3, -0.25) is 4.98 Å². The van der Waals surface area contributed by atoms with Crippen molar-refractivity contribution < 1.29 is 0 Å². The maximum atomic E-state index is 5.42. The summed E-state index contributed by atoms with van der Waals surface area (Å²) < 4.78 is 0.758. The van der Waals surface area contributed by atoms with Gasteiger partial charge >= 0.3 is 0 Å². The minimum Gasteiger partial charge on any atom is -0.351 e. The second-order valence-electron chi connectivity index (χ2n) is 3.87. The molecule has 0 saturated carbocycles. The summed E-state index contributed by atoms with van der Waals surface area (Å²) in [4.78, 5) is 14.5. The molecule has 0 fully saturated rings. The van der Waals surface area contributed by atoms with E-state index >= 15 is 0 Å². The van der Waals surface area contributed by atoms with Crippen LogP contribution in [0.5, 0.6) is 0 Å². The second kappa shape index (κ2) is 6.44. The van der Waals surface area contributed by atoms with Gasteiger partial charge in [0.25, 0.3) is 0 Å². The number of anilines is 2. The van der Waals surface area contributed by atoms with Crippen LogP contribution in [0.15, 0.2) is 35.3 Å². The number of nitrogens with two attached hydrogens (primary N) is 1. The molecule has 0 unspecified atom stereocenters. The Morgan fingerprint density at radius 1 is 1.32 bits per heavy atom. The third-order valence-corrected chi connectivity index (χ3v) is 3.44. The van der Waals surface area contributed by atoms with Crippen LogP contribution in [0.2, 0.25) is 0 Å². The maximum Gasteiger partial charge on any atom is 0.159 e. The molecule has 0 amide bonds. The Labute approximate surface area is 120 Å². The van der Waals surface area contributed by atoms with Crippen molar-refractivity contribution in [1.82, 2.24) is 15.0 Å². The molecule has 0 spiro atoms. The molecular formula is C12H15BrN6. The molecule has 3 N–H and O–H groups in total. The van der Waals surface area contributed by atoms with E-state index in [9.17, 15) is 0 Å². The molecule has 0 aliphatic carbocycles. The number of nitrogen functional groups attached to an aromatic ring is 1. The number of pyridine rings is 1. The van der Waals surface area contributed by atoms with E-state index in [-0.39, 0.29) is 0 Å². The summed E-state index contributed by atoms with van der Waals surface area (Å²) >= 11 is 3.47. The molecule has 0 bridgehead atoms. The van der Waals surface area contributed by atoms with Gasteiger partial charge in [0, 0.05) is 25.5 Å². The van der Waals surface area contributed by atoms with Crippen LogP contribution in [0.4, 0.5) is 11.6 Å². The fraction of sp³-hybridized carbons (Fsp3) is 0.250. The zero-order chi connectivity index (χ0) is 13.7. The minimum atomic E-state index is 0.568. The SMILES string of the molecule is CCN(Cc1ccncc1)c1ncnc(NN)c1Br. The van der Waals surface area contributed by atoms with E-state index in [1.165, 1.54) is 11.9 Å². The first kappa shape index (κ1) is 13.7. The number of hydrogen-bond acceptors (Lipinski definition) is 6. The summed E-state index contributed by atoms with van der Waals surface area (Å²) in [5.74, 6) is 6.79. The summed E-state index contributed by atoms with van der Waals surface area (Å²) in [6.07, 6.45) is 5.06. The molecule has 2 aromatic heterocycles. The summed E-state index contributed by atoms with van der Waals surface area (Å²) in [6.45, 7) is 3.64. The van der Waals surface area contributed by atoms with E-state index in [1.54, 1.807) is 12.4 Å². The van der Waals surface area contributed by atoms with Gasteiger partial charge in [-0.15, -0.1) is 0 Å². The first-order valence-electron chi connectivity index (χ1n) is 5.87. The van der Waals surface area contributed by atoms with Crippen molar-refractivity contribution >= 4 is 27.6 Å². The normalized spacial score (nSPS) is 10.3. The van der Waals surface area contributed by atoms with Crippen LogP contribution in [-0.4, -0.2) is 21.5 Å². The topological polar surface area (TPSA) is 80.0 Å². The molecule has 0 aromatic carbocycles. The molecule has 2 heterocycles. The lowest BCUT2D eigenvalue weighted by molar-refractivity contribution is 0.805. The van der Waals surface area contributed by atoms with E-state index in [0.717, 1.165) is 23.4 Å². The molecule has 7 heteroatoms. The summed E-state index contributed by atoms with van der Waals surface area (Å²) in [7, 11) is 0. The Kier molecular flexibility index (Phi) is 4.64. The lowest BCUT2D eigenvalue weighted by Gasteiger charge is -2.23. The molecule has 0 atom stereocenters. The quantitative estimate of drug-likeness (QED) is 0.647.